The largest absolute Gasteiger partial charge is 0.373 e. The Bertz CT molecular complexity index is 723. The van der Waals surface area contributed by atoms with Crippen LogP contribution in [0.1, 0.15) is 61.7 Å². The minimum absolute atomic E-state index is 0.0222. The van der Waals surface area contributed by atoms with E-state index in [0.717, 1.165) is 45.1 Å². The molecule has 6 nitrogen and oxygen atoms in total. The van der Waals surface area contributed by atoms with Crippen molar-refractivity contribution in [1.29, 1.82) is 0 Å². The van der Waals surface area contributed by atoms with Gasteiger partial charge < -0.3 is 10.1 Å². The number of amides is 3. The van der Waals surface area contributed by atoms with E-state index in [2.05, 4.69) is 5.32 Å². The number of hydrogen-bond acceptors (Lipinski definition) is 4. The maximum atomic E-state index is 12.8. The quantitative estimate of drug-likeness (QED) is 0.845. The molecule has 1 aliphatic carbocycles. The molecule has 1 N–H and O–H groups in total. The van der Waals surface area contributed by atoms with Gasteiger partial charge in [-0.3, -0.25) is 19.3 Å². The first-order chi connectivity index (χ1) is 12.6. The van der Waals surface area contributed by atoms with Gasteiger partial charge in [0, 0.05) is 25.0 Å². The van der Waals surface area contributed by atoms with Crippen LogP contribution in [0.25, 0.3) is 0 Å². The van der Waals surface area contributed by atoms with Crippen LogP contribution < -0.4 is 10.2 Å². The number of nitrogens with one attached hydrogen (secondary N) is 1. The molecule has 4 rings (SSSR count). The van der Waals surface area contributed by atoms with Gasteiger partial charge in [-0.2, -0.15) is 0 Å². The lowest BCUT2D eigenvalue weighted by Crippen LogP contribution is -2.52. The van der Waals surface area contributed by atoms with Crippen molar-refractivity contribution in [3.05, 3.63) is 29.8 Å². The van der Waals surface area contributed by atoms with Gasteiger partial charge in [0.25, 0.3) is 5.91 Å². The van der Waals surface area contributed by atoms with Gasteiger partial charge in [-0.15, -0.1) is 0 Å². The molecule has 3 amide bonds. The highest BCUT2D eigenvalue weighted by Crippen LogP contribution is 2.40. The number of carbonyl (C=O) groups is 3. The second-order valence-electron chi connectivity index (χ2n) is 7.46. The number of anilines is 1. The fraction of sp³-hybridized carbons (Fsp3) is 0.550. The highest BCUT2D eigenvalue weighted by atomic mass is 16.5. The molecule has 3 aliphatic rings. The third-order valence-corrected chi connectivity index (χ3v) is 5.84. The minimum Gasteiger partial charge on any atom is -0.373 e. The molecular formula is C20H24N2O4. The van der Waals surface area contributed by atoms with Gasteiger partial charge in [-0.1, -0.05) is 6.07 Å². The van der Waals surface area contributed by atoms with Gasteiger partial charge >= 0.3 is 0 Å². The van der Waals surface area contributed by atoms with E-state index in [-0.39, 0.29) is 42.2 Å². The fourth-order valence-corrected chi connectivity index (χ4v) is 4.48. The lowest BCUT2D eigenvalue weighted by Gasteiger charge is -2.39. The van der Waals surface area contributed by atoms with Crippen LogP contribution in [0.2, 0.25) is 0 Å². The van der Waals surface area contributed by atoms with Gasteiger partial charge in [-0.25, -0.2) is 0 Å². The molecule has 2 unspecified atom stereocenters. The van der Waals surface area contributed by atoms with Crippen LogP contribution in [0.15, 0.2) is 24.3 Å². The van der Waals surface area contributed by atoms with Crippen LogP contribution in [0.4, 0.5) is 5.69 Å². The summed E-state index contributed by atoms with van der Waals surface area (Å²) in [6.07, 6.45) is 6.66. The molecule has 0 bridgehead atoms. The number of imide groups is 1. The second kappa shape index (κ2) is 6.83. The zero-order valence-corrected chi connectivity index (χ0v) is 14.8. The molecule has 2 saturated heterocycles. The predicted molar refractivity (Wildman–Crippen MR) is 95.8 cm³/mol. The number of nitrogens with zero attached hydrogens (tertiary/aromatic N) is 1. The highest BCUT2D eigenvalue weighted by molar-refractivity contribution is 6.20. The molecule has 2 heterocycles. The number of benzene rings is 1. The normalized spacial score (nSPS) is 28.8. The molecule has 2 aliphatic heterocycles. The summed E-state index contributed by atoms with van der Waals surface area (Å²) < 4.78 is 6.10. The van der Waals surface area contributed by atoms with Crippen molar-refractivity contribution in [2.45, 2.75) is 63.0 Å². The summed E-state index contributed by atoms with van der Waals surface area (Å²) in [7, 11) is 0. The van der Waals surface area contributed by atoms with Crippen LogP contribution in [0.5, 0.6) is 0 Å². The van der Waals surface area contributed by atoms with E-state index >= 15 is 0 Å². The number of hydrogen-bond donors (Lipinski definition) is 1. The summed E-state index contributed by atoms with van der Waals surface area (Å²) in [5, 5.41) is 3.14. The first-order valence-corrected chi connectivity index (χ1v) is 9.50. The van der Waals surface area contributed by atoms with E-state index < -0.39 is 0 Å². The molecule has 2 atom stereocenters. The molecule has 1 aromatic rings. The molecular weight excluding hydrogens is 332 g/mol. The molecule has 1 spiro atoms. The Morgan fingerprint density at radius 2 is 1.88 bits per heavy atom. The molecule has 138 valence electrons. The van der Waals surface area contributed by atoms with E-state index in [9.17, 15) is 14.4 Å². The second-order valence-corrected chi connectivity index (χ2v) is 7.46. The van der Waals surface area contributed by atoms with Crippen LogP contribution in [0, 0.1) is 0 Å². The summed E-state index contributed by atoms with van der Waals surface area (Å²) in [4.78, 5) is 37.9. The van der Waals surface area contributed by atoms with E-state index in [1.54, 1.807) is 24.3 Å². The summed E-state index contributed by atoms with van der Waals surface area (Å²) in [6, 6.07) is 6.77. The summed E-state index contributed by atoms with van der Waals surface area (Å²) in [6.45, 7) is 0.765. The van der Waals surface area contributed by atoms with Crippen LogP contribution >= 0.6 is 0 Å². The molecule has 3 fully saturated rings. The summed E-state index contributed by atoms with van der Waals surface area (Å²) in [5.41, 5.74) is 0.722. The smallest absolute Gasteiger partial charge is 0.251 e. The average molecular weight is 356 g/mol. The maximum Gasteiger partial charge on any atom is 0.251 e. The summed E-state index contributed by atoms with van der Waals surface area (Å²) in [5.74, 6) is -0.595. The van der Waals surface area contributed by atoms with Crippen molar-refractivity contribution in [2.24, 2.45) is 0 Å². The van der Waals surface area contributed by atoms with E-state index in [1.165, 1.54) is 4.90 Å². The van der Waals surface area contributed by atoms with Crippen LogP contribution in [-0.4, -0.2) is 36.0 Å². The molecule has 0 aromatic heterocycles. The number of carbonyl (C=O) groups excluding carboxylic acids is 3. The number of ether oxygens (including phenoxy) is 1. The van der Waals surface area contributed by atoms with Gasteiger partial charge in [0.2, 0.25) is 11.8 Å². The lowest BCUT2D eigenvalue weighted by atomic mass is 9.88. The first-order valence-electron chi connectivity index (χ1n) is 9.50. The molecule has 26 heavy (non-hydrogen) atoms. The van der Waals surface area contributed by atoms with E-state index in [0.29, 0.717) is 11.3 Å². The predicted octanol–water partition coefficient (Wildman–Crippen LogP) is 2.56. The van der Waals surface area contributed by atoms with Crippen LogP contribution in [0.3, 0.4) is 0 Å². The van der Waals surface area contributed by atoms with Gasteiger partial charge in [0.05, 0.1) is 17.3 Å². The van der Waals surface area contributed by atoms with Gasteiger partial charge in [0.1, 0.15) is 0 Å². The van der Waals surface area contributed by atoms with E-state index in [4.69, 9.17) is 4.74 Å². The third kappa shape index (κ3) is 3.03. The molecule has 1 aromatic carbocycles. The van der Waals surface area contributed by atoms with Crippen molar-refractivity contribution in [3.63, 3.8) is 0 Å². The molecule has 6 heteroatoms. The van der Waals surface area contributed by atoms with Crippen molar-refractivity contribution in [1.82, 2.24) is 5.32 Å². The Morgan fingerprint density at radius 3 is 2.62 bits per heavy atom. The number of rotatable bonds is 3. The Morgan fingerprint density at radius 1 is 1.12 bits per heavy atom. The Labute approximate surface area is 152 Å². The van der Waals surface area contributed by atoms with Crippen molar-refractivity contribution < 1.29 is 19.1 Å². The van der Waals surface area contributed by atoms with Gasteiger partial charge in [0.15, 0.2) is 0 Å². The Hall–Kier alpha value is -2.21. The summed E-state index contributed by atoms with van der Waals surface area (Å²) >= 11 is 0. The van der Waals surface area contributed by atoms with Gasteiger partial charge in [-0.05, 0) is 56.7 Å². The Kier molecular flexibility index (Phi) is 4.53. The topological polar surface area (TPSA) is 75.7 Å². The molecule has 0 radical (unpaired) electrons. The maximum absolute atomic E-state index is 12.8. The first kappa shape index (κ1) is 17.2. The van der Waals surface area contributed by atoms with Crippen LogP contribution in [-0.2, 0) is 14.3 Å². The monoisotopic (exact) mass is 356 g/mol. The zero-order valence-electron chi connectivity index (χ0n) is 14.8. The molecule has 1 saturated carbocycles. The Balaban J connectivity index is 1.51. The fourth-order valence-electron chi connectivity index (χ4n) is 4.48. The third-order valence-electron chi connectivity index (χ3n) is 5.84. The van der Waals surface area contributed by atoms with E-state index in [1.807, 2.05) is 0 Å². The van der Waals surface area contributed by atoms with Crippen molar-refractivity contribution in [3.8, 4) is 0 Å². The van der Waals surface area contributed by atoms with Crippen molar-refractivity contribution in [2.75, 3.05) is 11.5 Å². The highest BCUT2D eigenvalue weighted by Gasteiger charge is 2.45. The van der Waals surface area contributed by atoms with Crippen molar-refractivity contribution >= 4 is 23.4 Å². The minimum atomic E-state index is -0.216. The SMILES string of the molecule is O=C(NC1CCCC12CCCCO2)c1cccc(N2C(=O)CCC2=O)c1. The average Bonchev–Trinajstić information content (AvgIpc) is 3.19. The zero-order chi connectivity index (χ0) is 18.1. The standard InChI is InChI=1S/C20H24N2O4/c23-17-8-9-18(24)22(17)15-6-3-5-14(13-15)19(25)21-16-7-4-11-20(16)10-1-2-12-26-20/h3,5-6,13,16H,1-2,4,7-12H2,(H,21,25). The lowest BCUT2D eigenvalue weighted by molar-refractivity contribution is -0.121.